The topological polar surface area (TPSA) is 124 Å². The molecule has 0 aliphatic carbocycles. The number of hydrogen-bond acceptors (Lipinski definition) is 6. The number of rotatable bonds is 3. The molecule has 8 nitrogen and oxygen atoms in total. The first-order valence-corrected chi connectivity index (χ1v) is 4.70. The van der Waals surface area contributed by atoms with Crippen molar-refractivity contribution in [3.05, 3.63) is 29.6 Å². The molecular weight excluding hydrogens is 226 g/mol. The van der Waals surface area contributed by atoms with Crippen LogP contribution in [0, 0.1) is 0 Å². The van der Waals surface area contributed by atoms with Crippen molar-refractivity contribution in [2.24, 2.45) is 0 Å². The Balaban J connectivity index is 2.10. The number of aromatic amines is 1. The van der Waals surface area contributed by atoms with E-state index in [0.717, 1.165) is 0 Å². The first-order chi connectivity index (χ1) is 8.18. The third-order valence-corrected chi connectivity index (χ3v) is 2.04. The monoisotopic (exact) mass is 235 g/mol. The lowest BCUT2D eigenvalue weighted by molar-refractivity contribution is 0.0944. The maximum Gasteiger partial charge on any atom is 0.259 e. The van der Waals surface area contributed by atoms with E-state index in [1.54, 1.807) is 0 Å². The van der Waals surface area contributed by atoms with Crippen molar-refractivity contribution < 1.29 is 15.0 Å². The van der Waals surface area contributed by atoms with Crippen LogP contribution in [-0.4, -0.2) is 36.7 Å². The van der Waals surface area contributed by atoms with Gasteiger partial charge in [-0.2, -0.15) is 5.21 Å². The van der Waals surface area contributed by atoms with E-state index < -0.39 is 5.91 Å². The van der Waals surface area contributed by atoms with Crippen molar-refractivity contribution in [3.8, 4) is 11.5 Å². The Morgan fingerprint density at radius 1 is 1.35 bits per heavy atom. The predicted octanol–water partition coefficient (Wildman–Crippen LogP) is -0.459. The second-order valence-electron chi connectivity index (χ2n) is 3.18. The summed E-state index contributed by atoms with van der Waals surface area (Å²) < 4.78 is 0. The number of H-pyrrole nitrogens is 1. The molecule has 0 saturated carbocycles. The lowest BCUT2D eigenvalue weighted by Gasteiger charge is -2.06. The van der Waals surface area contributed by atoms with Crippen LogP contribution in [0.4, 0.5) is 0 Å². The summed E-state index contributed by atoms with van der Waals surface area (Å²) in [6.45, 7) is 0.0447. The van der Waals surface area contributed by atoms with Crippen LogP contribution >= 0.6 is 0 Å². The molecule has 4 N–H and O–H groups in total. The molecule has 1 heterocycles. The molecule has 0 aliphatic heterocycles. The van der Waals surface area contributed by atoms with Gasteiger partial charge in [0.05, 0.1) is 6.54 Å². The molecule has 17 heavy (non-hydrogen) atoms. The van der Waals surface area contributed by atoms with Gasteiger partial charge in [-0.3, -0.25) is 4.79 Å². The Labute approximate surface area is 95.3 Å². The van der Waals surface area contributed by atoms with E-state index >= 15 is 0 Å². The minimum atomic E-state index is -0.620. The molecule has 0 unspecified atom stereocenters. The molecule has 0 fully saturated rings. The zero-order valence-electron chi connectivity index (χ0n) is 8.58. The zero-order valence-corrected chi connectivity index (χ0v) is 8.58. The summed E-state index contributed by atoms with van der Waals surface area (Å²) in [6, 6.07) is 4.05. The number of nitrogens with zero attached hydrogens (tertiary/aromatic N) is 3. The molecule has 1 aromatic carbocycles. The first kappa shape index (κ1) is 10.9. The van der Waals surface area contributed by atoms with E-state index in [0.29, 0.717) is 5.82 Å². The van der Waals surface area contributed by atoms with Gasteiger partial charge in [-0.1, -0.05) is 11.3 Å². The molecule has 0 atom stereocenters. The van der Waals surface area contributed by atoms with Crippen LogP contribution in [0.25, 0.3) is 0 Å². The van der Waals surface area contributed by atoms with Gasteiger partial charge in [0.2, 0.25) is 0 Å². The Bertz CT molecular complexity index is 505. The van der Waals surface area contributed by atoms with E-state index in [2.05, 4.69) is 25.9 Å². The number of nitrogens with one attached hydrogen (secondary N) is 2. The smallest absolute Gasteiger partial charge is 0.259 e. The van der Waals surface area contributed by atoms with Gasteiger partial charge >= 0.3 is 0 Å². The number of aromatic hydroxyl groups is 2. The minimum Gasteiger partial charge on any atom is -0.507 e. The van der Waals surface area contributed by atoms with E-state index in [1.807, 2.05) is 0 Å². The number of tetrazole rings is 1. The second kappa shape index (κ2) is 4.47. The number of hydrogen-bond donors (Lipinski definition) is 4. The van der Waals surface area contributed by atoms with Gasteiger partial charge in [0.25, 0.3) is 5.91 Å². The highest BCUT2D eigenvalue weighted by Crippen LogP contribution is 2.25. The van der Waals surface area contributed by atoms with Crippen LogP contribution in [0.1, 0.15) is 16.2 Å². The summed E-state index contributed by atoms with van der Waals surface area (Å²) in [5.74, 6) is -0.912. The molecular formula is C9H9N5O3. The Kier molecular flexibility index (Phi) is 2.86. The Morgan fingerprint density at radius 2 is 2.06 bits per heavy atom. The van der Waals surface area contributed by atoms with Crippen LogP contribution in [0.5, 0.6) is 11.5 Å². The molecule has 2 rings (SSSR count). The largest absolute Gasteiger partial charge is 0.507 e. The fourth-order valence-electron chi connectivity index (χ4n) is 1.27. The third kappa shape index (κ3) is 2.30. The minimum absolute atomic E-state index is 0.0447. The SMILES string of the molecule is O=C(NCc1nn[nH]n1)c1c(O)cccc1O. The summed E-state index contributed by atoms with van der Waals surface area (Å²) >= 11 is 0. The fraction of sp³-hybridized carbons (Fsp3) is 0.111. The summed E-state index contributed by atoms with van der Waals surface area (Å²) in [5.41, 5.74) is -0.184. The van der Waals surface area contributed by atoms with E-state index in [9.17, 15) is 15.0 Å². The molecule has 88 valence electrons. The van der Waals surface area contributed by atoms with Crippen LogP contribution in [0.3, 0.4) is 0 Å². The quantitative estimate of drug-likeness (QED) is 0.570. The van der Waals surface area contributed by atoms with Crippen molar-refractivity contribution >= 4 is 5.91 Å². The van der Waals surface area contributed by atoms with Crippen LogP contribution in [0.2, 0.25) is 0 Å². The van der Waals surface area contributed by atoms with Crippen molar-refractivity contribution in [2.75, 3.05) is 0 Å². The number of carbonyl (C=O) groups excluding carboxylic acids is 1. The highest BCUT2D eigenvalue weighted by molar-refractivity contribution is 5.99. The summed E-state index contributed by atoms with van der Waals surface area (Å²) in [5, 5.41) is 34.2. The van der Waals surface area contributed by atoms with Crippen LogP contribution in [0.15, 0.2) is 18.2 Å². The van der Waals surface area contributed by atoms with Gasteiger partial charge < -0.3 is 15.5 Å². The summed E-state index contributed by atoms with van der Waals surface area (Å²) in [7, 11) is 0. The maximum absolute atomic E-state index is 11.7. The molecule has 1 amide bonds. The molecule has 8 heteroatoms. The number of benzene rings is 1. The standard InChI is InChI=1S/C9H9N5O3/c15-5-2-1-3-6(16)8(5)9(17)10-4-7-11-13-14-12-7/h1-3,15-16H,4H2,(H,10,17)(H,11,12,13,14). The van der Waals surface area contributed by atoms with Crippen molar-refractivity contribution in [1.29, 1.82) is 0 Å². The summed E-state index contributed by atoms with van der Waals surface area (Å²) in [6.07, 6.45) is 0. The Hall–Kier alpha value is -2.64. The lowest BCUT2D eigenvalue weighted by atomic mass is 10.1. The number of carbonyl (C=O) groups is 1. The maximum atomic E-state index is 11.7. The van der Waals surface area contributed by atoms with E-state index in [1.165, 1.54) is 18.2 Å². The average Bonchev–Trinajstić information content (AvgIpc) is 2.79. The van der Waals surface area contributed by atoms with Gasteiger partial charge in [-0.05, 0) is 12.1 Å². The number of amides is 1. The highest BCUT2D eigenvalue weighted by Gasteiger charge is 2.15. The van der Waals surface area contributed by atoms with Gasteiger partial charge in [-0.15, -0.1) is 10.2 Å². The van der Waals surface area contributed by atoms with E-state index in [-0.39, 0.29) is 23.6 Å². The van der Waals surface area contributed by atoms with Crippen molar-refractivity contribution in [1.82, 2.24) is 25.9 Å². The average molecular weight is 235 g/mol. The molecule has 0 radical (unpaired) electrons. The van der Waals surface area contributed by atoms with E-state index in [4.69, 9.17) is 0 Å². The number of aromatic nitrogens is 4. The first-order valence-electron chi connectivity index (χ1n) is 4.70. The zero-order chi connectivity index (χ0) is 12.3. The van der Waals surface area contributed by atoms with Gasteiger partial charge in [-0.25, -0.2) is 0 Å². The lowest BCUT2D eigenvalue weighted by Crippen LogP contribution is -2.23. The molecule has 2 aromatic rings. The van der Waals surface area contributed by atoms with Crippen LogP contribution in [-0.2, 0) is 6.54 Å². The number of phenolic OH excluding ortho intramolecular Hbond substituents is 2. The molecule has 0 aliphatic rings. The molecule has 1 aromatic heterocycles. The number of phenols is 2. The third-order valence-electron chi connectivity index (χ3n) is 2.04. The van der Waals surface area contributed by atoms with Gasteiger partial charge in [0, 0.05) is 0 Å². The Morgan fingerprint density at radius 3 is 2.65 bits per heavy atom. The molecule has 0 bridgehead atoms. The highest BCUT2D eigenvalue weighted by atomic mass is 16.3. The molecule has 0 spiro atoms. The summed E-state index contributed by atoms with van der Waals surface area (Å²) in [4.78, 5) is 11.7. The van der Waals surface area contributed by atoms with Crippen molar-refractivity contribution in [2.45, 2.75) is 6.54 Å². The predicted molar refractivity (Wildman–Crippen MR) is 55.1 cm³/mol. The fourth-order valence-corrected chi connectivity index (χ4v) is 1.27. The second-order valence-corrected chi connectivity index (χ2v) is 3.18. The van der Waals surface area contributed by atoms with Gasteiger partial charge in [0.15, 0.2) is 5.82 Å². The normalized spacial score (nSPS) is 10.1. The molecule has 0 saturated heterocycles. The van der Waals surface area contributed by atoms with Crippen LogP contribution < -0.4 is 5.32 Å². The van der Waals surface area contributed by atoms with Gasteiger partial charge in [0.1, 0.15) is 17.1 Å². The van der Waals surface area contributed by atoms with Crippen molar-refractivity contribution in [3.63, 3.8) is 0 Å².